The largest absolute Gasteiger partial charge is 0.355 e. The zero-order valence-electron chi connectivity index (χ0n) is 10.1. The Kier molecular flexibility index (Phi) is 8.96. The maximum absolute atomic E-state index is 11.5. The van der Waals surface area contributed by atoms with E-state index in [-0.39, 0.29) is 30.7 Å². The topological polar surface area (TPSA) is 44.4 Å². The molecule has 0 spiro atoms. The second kappa shape index (κ2) is 8.97. The van der Waals surface area contributed by atoms with E-state index in [4.69, 9.17) is 0 Å². The van der Waals surface area contributed by atoms with Crippen molar-refractivity contribution in [1.29, 1.82) is 0 Å². The molecule has 2 fully saturated rings. The van der Waals surface area contributed by atoms with Crippen molar-refractivity contribution in [3.8, 4) is 0 Å². The van der Waals surface area contributed by atoms with Crippen molar-refractivity contribution in [2.24, 2.45) is 5.92 Å². The summed E-state index contributed by atoms with van der Waals surface area (Å²) in [6.07, 6.45) is 3.43. The van der Waals surface area contributed by atoms with E-state index in [0.29, 0.717) is 5.92 Å². The molecule has 1 amide bonds. The Morgan fingerprint density at radius 3 is 2.41 bits per heavy atom. The maximum atomic E-state index is 11.5. The summed E-state index contributed by atoms with van der Waals surface area (Å²) in [5.74, 6) is 0.601. The van der Waals surface area contributed by atoms with Crippen LogP contribution in [0.25, 0.3) is 0 Å². The number of carbonyl (C=O) groups is 1. The zero-order valence-corrected chi connectivity index (χ0v) is 11.7. The Morgan fingerprint density at radius 2 is 1.88 bits per heavy atom. The number of hydrogen-bond donors (Lipinski definition) is 2. The van der Waals surface area contributed by atoms with Crippen molar-refractivity contribution in [3.63, 3.8) is 0 Å². The molecule has 0 radical (unpaired) electrons. The van der Waals surface area contributed by atoms with Crippen LogP contribution in [0.1, 0.15) is 19.3 Å². The highest BCUT2D eigenvalue weighted by molar-refractivity contribution is 5.85. The number of halogens is 2. The molecule has 0 unspecified atom stereocenters. The Bertz CT molecular complexity index is 219. The lowest BCUT2D eigenvalue weighted by Gasteiger charge is -2.28. The van der Waals surface area contributed by atoms with Gasteiger partial charge in [-0.25, -0.2) is 0 Å². The fraction of sp³-hybridized carbons (Fsp3) is 0.909. The summed E-state index contributed by atoms with van der Waals surface area (Å²) < 4.78 is 0. The molecule has 0 aromatic carbocycles. The van der Waals surface area contributed by atoms with Gasteiger partial charge in [-0.3, -0.25) is 9.69 Å². The highest BCUT2D eigenvalue weighted by Gasteiger charge is 2.24. The highest BCUT2D eigenvalue weighted by Crippen LogP contribution is 2.25. The molecule has 1 heterocycles. The van der Waals surface area contributed by atoms with Gasteiger partial charge in [0.15, 0.2) is 0 Å². The lowest BCUT2D eigenvalue weighted by Crippen LogP contribution is -2.47. The van der Waals surface area contributed by atoms with Crippen LogP contribution in [-0.2, 0) is 4.79 Å². The van der Waals surface area contributed by atoms with Gasteiger partial charge >= 0.3 is 0 Å². The van der Waals surface area contributed by atoms with Crippen molar-refractivity contribution in [2.75, 3.05) is 39.3 Å². The molecule has 1 aliphatic heterocycles. The second-order valence-corrected chi connectivity index (χ2v) is 4.51. The van der Waals surface area contributed by atoms with E-state index in [1.807, 2.05) is 0 Å². The van der Waals surface area contributed by atoms with Crippen molar-refractivity contribution in [2.45, 2.75) is 19.3 Å². The molecule has 1 saturated heterocycles. The monoisotopic (exact) mass is 283 g/mol. The molecule has 0 atom stereocenters. The smallest absolute Gasteiger partial charge is 0.223 e. The van der Waals surface area contributed by atoms with E-state index in [9.17, 15) is 4.79 Å². The van der Waals surface area contributed by atoms with Crippen LogP contribution in [0, 0.1) is 5.92 Å². The Balaban J connectivity index is 0.00000128. The van der Waals surface area contributed by atoms with Gasteiger partial charge in [0.1, 0.15) is 0 Å². The van der Waals surface area contributed by atoms with E-state index in [2.05, 4.69) is 15.5 Å². The van der Waals surface area contributed by atoms with Crippen molar-refractivity contribution < 1.29 is 4.79 Å². The fourth-order valence-corrected chi connectivity index (χ4v) is 2.09. The lowest BCUT2D eigenvalue weighted by molar-refractivity contribution is -0.127. The molecule has 2 rings (SSSR count). The first-order valence-electron chi connectivity index (χ1n) is 6.07. The molecule has 2 N–H and O–H groups in total. The second-order valence-electron chi connectivity index (χ2n) is 4.51. The molecule has 4 nitrogen and oxygen atoms in total. The van der Waals surface area contributed by atoms with Gasteiger partial charge in [-0.2, -0.15) is 0 Å². The normalized spacial score (nSPS) is 20.7. The maximum Gasteiger partial charge on any atom is 0.223 e. The predicted molar refractivity (Wildman–Crippen MR) is 74.2 cm³/mol. The van der Waals surface area contributed by atoms with Crippen LogP contribution in [0.15, 0.2) is 0 Å². The quantitative estimate of drug-likeness (QED) is 0.797. The minimum absolute atomic E-state index is 0. The van der Waals surface area contributed by atoms with Crippen LogP contribution >= 0.6 is 24.8 Å². The van der Waals surface area contributed by atoms with Crippen molar-refractivity contribution >= 4 is 30.7 Å². The molecule has 0 bridgehead atoms. The van der Waals surface area contributed by atoms with E-state index in [0.717, 1.165) is 52.1 Å². The van der Waals surface area contributed by atoms with Crippen LogP contribution in [-0.4, -0.2) is 50.1 Å². The van der Waals surface area contributed by atoms with Crippen LogP contribution in [0.2, 0.25) is 0 Å². The molecule has 1 aliphatic carbocycles. The van der Waals surface area contributed by atoms with Crippen molar-refractivity contribution in [1.82, 2.24) is 15.5 Å². The first kappa shape index (κ1) is 17.0. The number of carbonyl (C=O) groups excluding carboxylic acids is 1. The average Bonchev–Trinajstić information content (AvgIpc) is 2.16. The predicted octanol–water partition coefficient (Wildman–Crippen LogP) is 0.651. The first-order valence-corrected chi connectivity index (χ1v) is 6.07. The molecular formula is C11H23Cl2N3O. The third-order valence-electron chi connectivity index (χ3n) is 3.41. The summed E-state index contributed by atoms with van der Waals surface area (Å²) in [7, 11) is 0. The van der Waals surface area contributed by atoms with Gasteiger partial charge in [0.05, 0.1) is 0 Å². The Morgan fingerprint density at radius 1 is 1.24 bits per heavy atom. The van der Waals surface area contributed by atoms with Crippen LogP contribution in [0.4, 0.5) is 0 Å². The number of piperazine rings is 1. The molecule has 0 aromatic heterocycles. The third-order valence-corrected chi connectivity index (χ3v) is 3.41. The van der Waals surface area contributed by atoms with E-state index in [1.165, 1.54) is 6.42 Å². The van der Waals surface area contributed by atoms with Gasteiger partial charge in [-0.15, -0.1) is 24.8 Å². The van der Waals surface area contributed by atoms with E-state index in [1.54, 1.807) is 0 Å². The van der Waals surface area contributed by atoms with Crippen LogP contribution < -0.4 is 10.6 Å². The van der Waals surface area contributed by atoms with Gasteiger partial charge in [-0.1, -0.05) is 6.42 Å². The average molecular weight is 284 g/mol. The molecule has 2 aliphatic rings. The minimum Gasteiger partial charge on any atom is -0.355 e. The molecule has 0 aromatic rings. The number of amides is 1. The summed E-state index contributed by atoms with van der Waals surface area (Å²) in [6.45, 7) is 6.20. The summed E-state index contributed by atoms with van der Waals surface area (Å²) in [5, 5.41) is 6.35. The molecular weight excluding hydrogens is 261 g/mol. The van der Waals surface area contributed by atoms with Gasteiger partial charge in [-0.05, 0) is 12.8 Å². The lowest BCUT2D eigenvalue weighted by atomic mass is 9.85. The molecule has 17 heavy (non-hydrogen) atoms. The van der Waals surface area contributed by atoms with E-state index < -0.39 is 0 Å². The Labute approximate surface area is 116 Å². The number of rotatable bonds is 4. The van der Waals surface area contributed by atoms with E-state index >= 15 is 0 Å². The standard InChI is InChI=1S/C11H21N3O.2ClH/c15-11(10-2-1-3-10)13-6-9-14-7-4-12-5-8-14;;/h10,12H,1-9H2,(H,13,15);2*1H. The molecule has 1 saturated carbocycles. The minimum atomic E-state index is 0. The Hall–Kier alpha value is -0.0300. The summed E-state index contributed by atoms with van der Waals surface area (Å²) in [4.78, 5) is 13.9. The summed E-state index contributed by atoms with van der Waals surface area (Å²) in [6, 6.07) is 0. The van der Waals surface area contributed by atoms with Crippen LogP contribution in [0.3, 0.4) is 0 Å². The SMILES string of the molecule is Cl.Cl.O=C(NCCN1CCNCC1)C1CCC1. The van der Waals surface area contributed by atoms with Gasteiger partial charge in [0.2, 0.25) is 5.91 Å². The third kappa shape index (κ3) is 5.42. The fourth-order valence-electron chi connectivity index (χ4n) is 2.09. The summed E-state index contributed by atoms with van der Waals surface area (Å²) >= 11 is 0. The van der Waals surface area contributed by atoms with Gasteiger partial charge in [0, 0.05) is 45.2 Å². The number of nitrogens with one attached hydrogen (secondary N) is 2. The van der Waals surface area contributed by atoms with Crippen LogP contribution in [0.5, 0.6) is 0 Å². The summed E-state index contributed by atoms with van der Waals surface area (Å²) in [5.41, 5.74) is 0. The number of hydrogen-bond acceptors (Lipinski definition) is 3. The molecule has 102 valence electrons. The highest BCUT2D eigenvalue weighted by atomic mass is 35.5. The van der Waals surface area contributed by atoms with Crippen molar-refractivity contribution in [3.05, 3.63) is 0 Å². The van der Waals surface area contributed by atoms with Gasteiger partial charge in [0.25, 0.3) is 0 Å². The first-order chi connectivity index (χ1) is 7.36. The van der Waals surface area contributed by atoms with Gasteiger partial charge < -0.3 is 10.6 Å². The number of nitrogens with zero attached hydrogens (tertiary/aromatic N) is 1. The molecule has 6 heteroatoms. The zero-order chi connectivity index (χ0) is 10.5.